The van der Waals surface area contributed by atoms with E-state index < -0.39 is 11.9 Å². The summed E-state index contributed by atoms with van der Waals surface area (Å²) in [6.45, 7) is 2.08. The highest BCUT2D eigenvalue weighted by atomic mass is 16.2. The zero-order valence-corrected chi connectivity index (χ0v) is 7.17. The molecule has 0 radical (unpaired) electrons. The highest BCUT2D eigenvalue weighted by molar-refractivity contribution is 5.82. The van der Waals surface area contributed by atoms with E-state index in [1.807, 2.05) is 6.92 Å². The molecule has 0 rings (SSSR count). The zero-order chi connectivity index (χ0) is 9.56. The van der Waals surface area contributed by atoms with E-state index in [0.717, 1.165) is 0 Å². The molecule has 0 heterocycles. The maximum atomic E-state index is 11.0. The van der Waals surface area contributed by atoms with Crippen LogP contribution in [0.4, 0.5) is 0 Å². The quantitative estimate of drug-likeness (QED) is 0.482. The zero-order valence-electron chi connectivity index (χ0n) is 7.17. The number of hydrogen-bond donors (Lipinski definition) is 3. The van der Waals surface area contributed by atoms with E-state index in [1.165, 1.54) is 0 Å². The summed E-state index contributed by atoms with van der Waals surface area (Å²) < 4.78 is 0. The molecule has 0 fully saturated rings. The van der Waals surface area contributed by atoms with Crippen molar-refractivity contribution in [2.45, 2.75) is 25.8 Å². The Kier molecular flexibility index (Phi) is 5.03. The number of carbonyl (C=O) groups is 2. The third-order valence-electron chi connectivity index (χ3n) is 1.45. The second-order valence-electron chi connectivity index (χ2n) is 2.52. The molecule has 0 saturated heterocycles. The molecule has 0 bridgehead atoms. The van der Waals surface area contributed by atoms with Crippen LogP contribution in [0.3, 0.4) is 0 Å². The number of hydrogen-bond acceptors (Lipinski definition) is 3. The lowest BCUT2D eigenvalue weighted by Crippen LogP contribution is -2.41. The third kappa shape index (κ3) is 4.68. The Morgan fingerprint density at radius 2 is 2.08 bits per heavy atom. The first-order valence-electron chi connectivity index (χ1n) is 3.89. The molecule has 0 saturated carbocycles. The van der Waals surface area contributed by atoms with Gasteiger partial charge < -0.3 is 16.8 Å². The molecule has 0 aromatic rings. The number of nitrogens with one attached hydrogen (secondary N) is 1. The molecular formula is C7H15N3O2. The van der Waals surface area contributed by atoms with Gasteiger partial charge in [-0.15, -0.1) is 0 Å². The molecule has 12 heavy (non-hydrogen) atoms. The highest BCUT2D eigenvalue weighted by Gasteiger charge is 2.09. The number of amides is 2. The molecule has 0 aliphatic rings. The molecule has 0 unspecified atom stereocenters. The van der Waals surface area contributed by atoms with Gasteiger partial charge in [-0.05, 0) is 6.42 Å². The topological polar surface area (TPSA) is 98.2 Å². The van der Waals surface area contributed by atoms with E-state index in [0.29, 0.717) is 6.42 Å². The molecule has 0 aliphatic heterocycles. The van der Waals surface area contributed by atoms with Gasteiger partial charge in [-0.3, -0.25) is 9.59 Å². The van der Waals surface area contributed by atoms with Crippen LogP contribution in [-0.4, -0.2) is 24.4 Å². The summed E-state index contributed by atoms with van der Waals surface area (Å²) in [5.74, 6) is -0.667. The van der Waals surface area contributed by atoms with E-state index in [1.54, 1.807) is 0 Å². The Labute approximate surface area is 71.5 Å². The van der Waals surface area contributed by atoms with Crippen LogP contribution in [0.5, 0.6) is 0 Å². The van der Waals surface area contributed by atoms with Gasteiger partial charge in [0.2, 0.25) is 11.8 Å². The van der Waals surface area contributed by atoms with Crippen molar-refractivity contribution in [3.63, 3.8) is 0 Å². The van der Waals surface area contributed by atoms with Crippen molar-refractivity contribution in [3.05, 3.63) is 0 Å². The van der Waals surface area contributed by atoms with Gasteiger partial charge in [0, 0.05) is 13.0 Å². The lowest BCUT2D eigenvalue weighted by molar-refractivity contribution is -0.122. The normalized spacial score (nSPS) is 12.2. The molecule has 0 aromatic carbocycles. The van der Waals surface area contributed by atoms with Gasteiger partial charge in [0.1, 0.15) is 0 Å². The number of carbonyl (C=O) groups excluding carboxylic acids is 2. The SMILES string of the molecule is CC[C@H](N)C(=O)NCCC(N)=O. The van der Waals surface area contributed by atoms with Gasteiger partial charge in [0.15, 0.2) is 0 Å². The van der Waals surface area contributed by atoms with Crippen molar-refractivity contribution < 1.29 is 9.59 Å². The van der Waals surface area contributed by atoms with Crippen molar-refractivity contribution >= 4 is 11.8 Å². The van der Waals surface area contributed by atoms with Crippen LogP contribution in [0.1, 0.15) is 19.8 Å². The summed E-state index contributed by atoms with van der Waals surface area (Å²) in [7, 11) is 0. The van der Waals surface area contributed by atoms with Crippen LogP contribution >= 0.6 is 0 Å². The van der Waals surface area contributed by atoms with Gasteiger partial charge >= 0.3 is 0 Å². The van der Waals surface area contributed by atoms with Crippen LogP contribution in [0.25, 0.3) is 0 Å². The number of nitrogens with two attached hydrogens (primary N) is 2. The standard InChI is InChI=1S/C7H15N3O2/c1-2-5(8)7(12)10-4-3-6(9)11/h5H,2-4,8H2,1H3,(H2,9,11)(H,10,12)/t5-/m0/s1. The van der Waals surface area contributed by atoms with E-state index in [4.69, 9.17) is 11.5 Å². The van der Waals surface area contributed by atoms with Crippen LogP contribution in [-0.2, 0) is 9.59 Å². The molecule has 5 nitrogen and oxygen atoms in total. The van der Waals surface area contributed by atoms with Crippen LogP contribution in [0, 0.1) is 0 Å². The number of primary amides is 1. The van der Waals surface area contributed by atoms with Crippen molar-refractivity contribution in [2.24, 2.45) is 11.5 Å². The maximum absolute atomic E-state index is 11.0. The van der Waals surface area contributed by atoms with Crippen LogP contribution < -0.4 is 16.8 Å². The van der Waals surface area contributed by atoms with E-state index in [9.17, 15) is 9.59 Å². The van der Waals surface area contributed by atoms with Gasteiger partial charge in [0.05, 0.1) is 6.04 Å². The molecule has 0 spiro atoms. The van der Waals surface area contributed by atoms with Crippen LogP contribution in [0.2, 0.25) is 0 Å². The minimum atomic E-state index is -0.488. The second kappa shape index (κ2) is 5.54. The Hall–Kier alpha value is -1.10. The molecule has 0 aliphatic carbocycles. The predicted molar refractivity (Wildman–Crippen MR) is 45.1 cm³/mol. The Morgan fingerprint density at radius 3 is 2.50 bits per heavy atom. The Balaban J connectivity index is 3.50. The first-order valence-corrected chi connectivity index (χ1v) is 3.89. The Morgan fingerprint density at radius 1 is 1.50 bits per heavy atom. The highest BCUT2D eigenvalue weighted by Crippen LogP contribution is 1.85. The lowest BCUT2D eigenvalue weighted by atomic mass is 10.2. The van der Waals surface area contributed by atoms with Crippen molar-refractivity contribution in [3.8, 4) is 0 Å². The third-order valence-corrected chi connectivity index (χ3v) is 1.45. The first kappa shape index (κ1) is 10.9. The van der Waals surface area contributed by atoms with Crippen molar-refractivity contribution in [1.82, 2.24) is 5.32 Å². The summed E-state index contributed by atoms with van der Waals surface area (Å²) >= 11 is 0. The smallest absolute Gasteiger partial charge is 0.236 e. The molecule has 0 aromatic heterocycles. The maximum Gasteiger partial charge on any atom is 0.236 e. The summed E-state index contributed by atoms with van der Waals surface area (Å²) in [4.78, 5) is 21.2. The summed E-state index contributed by atoms with van der Waals surface area (Å²) in [6.07, 6.45) is 0.741. The molecule has 2 amide bonds. The average molecular weight is 173 g/mol. The van der Waals surface area contributed by atoms with E-state index in [2.05, 4.69) is 5.32 Å². The van der Waals surface area contributed by atoms with Gasteiger partial charge in [-0.1, -0.05) is 6.92 Å². The molecule has 5 heteroatoms. The van der Waals surface area contributed by atoms with Crippen LogP contribution in [0.15, 0.2) is 0 Å². The van der Waals surface area contributed by atoms with Crippen molar-refractivity contribution in [1.29, 1.82) is 0 Å². The minimum absolute atomic E-state index is 0.155. The molecule has 5 N–H and O–H groups in total. The molecule has 70 valence electrons. The second-order valence-corrected chi connectivity index (χ2v) is 2.52. The molecular weight excluding hydrogens is 158 g/mol. The fourth-order valence-electron chi connectivity index (χ4n) is 0.625. The minimum Gasteiger partial charge on any atom is -0.370 e. The molecule has 1 atom stereocenters. The van der Waals surface area contributed by atoms with Gasteiger partial charge in [-0.2, -0.15) is 0 Å². The fourth-order valence-corrected chi connectivity index (χ4v) is 0.625. The van der Waals surface area contributed by atoms with E-state index >= 15 is 0 Å². The number of rotatable bonds is 5. The van der Waals surface area contributed by atoms with Crippen molar-refractivity contribution in [2.75, 3.05) is 6.54 Å². The lowest BCUT2D eigenvalue weighted by Gasteiger charge is -2.08. The van der Waals surface area contributed by atoms with Gasteiger partial charge in [-0.25, -0.2) is 0 Å². The first-order chi connectivity index (χ1) is 5.57. The average Bonchev–Trinajstić information content (AvgIpc) is 2.02. The fraction of sp³-hybridized carbons (Fsp3) is 0.714. The summed E-state index contributed by atoms with van der Waals surface area (Å²) in [5, 5.41) is 2.50. The van der Waals surface area contributed by atoms with E-state index in [-0.39, 0.29) is 18.9 Å². The Bertz CT molecular complexity index is 170. The summed E-state index contributed by atoms with van der Waals surface area (Å²) in [6, 6.07) is -0.488. The van der Waals surface area contributed by atoms with Gasteiger partial charge in [0.25, 0.3) is 0 Å². The largest absolute Gasteiger partial charge is 0.370 e. The predicted octanol–water partition coefficient (Wildman–Crippen LogP) is -1.28. The summed E-state index contributed by atoms with van der Waals surface area (Å²) in [5.41, 5.74) is 10.3. The monoisotopic (exact) mass is 173 g/mol.